The second-order valence-corrected chi connectivity index (χ2v) is 5.68. The Labute approximate surface area is 124 Å². The van der Waals surface area contributed by atoms with Gasteiger partial charge in [-0.15, -0.1) is 0 Å². The molecule has 0 fully saturated rings. The second kappa shape index (κ2) is 7.18. The van der Waals surface area contributed by atoms with Crippen LogP contribution in [0.2, 0.25) is 0 Å². The Morgan fingerprint density at radius 2 is 2.25 bits per heavy atom. The molecule has 0 saturated carbocycles. The van der Waals surface area contributed by atoms with Gasteiger partial charge >= 0.3 is 5.97 Å². The molecule has 0 radical (unpaired) electrons. The van der Waals surface area contributed by atoms with Crippen molar-refractivity contribution in [3.8, 4) is 0 Å². The molecule has 0 spiro atoms. The number of rotatable bonds is 7. The van der Waals surface area contributed by atoms with Crippen LogP contribution in [0.5, 0.6) is 0 Å². The molecule has 1 aromatic heterocycles. The van der Waals surface area contributed by atoms with Gasteiger partial charge in [-0.25, -0.2) is 4.98 Å². The highest BCUT2D eigenvalue weighted by molar-refractivity contribution is 9.10. The van der Waals surface area contributed by atoms with E-state index in [0.717, 1.165) is 6.20 Å². The van der Waals surface area contributed by atoms with Crippen molar-refractivity contribution in [1.29, 1.82) is 0 Å². The number of aliphatic carboxylic acids is 1. The third kappa shape index (κ3) is 4.76. The summed E-state index contributed by atoms with van der Waals surface area (Å²) in [7, 11) is 0. The molecule has 20 heavy (non-hydrogen) atoms. The van der Waals surface area contributed by atoms with Gasteiger partial charge in [0.15, 0.2) is 0 Å². The van der Waals surface area contributed by atoms with E-state index in [2.05, 4.69) is 26.2 Å². The van der Waals surface area contributed by atoms with Gasteiger partial charge in [0, 0.05) is 12.6 Å². The number of carboxylic acid groups (broad SMARTS) is 1. The normalized spacial score (nSPS) is 12.2. The molecule has 0 bridgehead atoms. The first-order valence-corrected chi connectivity index (χ1v) is 6.87. The Balaban J connectivity index is 2.73. The highest BCUT2D eigenvalue weighted by atomic mass is 79.9. The number of carbonyl (C=O) groups is 1. The number of nitro groups is 1. The van der Waals surface area contributed by atoms with Crippen molar-refractivity contribution in [2.24, 2.45) is 11.8 Å². The molecule has 0 aromatic carbocycles. The zero-order valence-corrected chi connectivity index (χ0v) is 12.8. The van der Waals surface area contributed by atoms with E-state index in [9.17, 15) is 14.9 Å². The second-order valence-electron chi connectivity index (χ2n) is 4.83. The fourth-order valence-electron chi connectivity index (χ4n) is 1.72. The molecule has 1 atom stereocenters. The largest absolute Gasteiger partial charge is 0.481 e. The van der Waals surface area contributed by atoms with Gasteiger partial charge in [0.1, 0.15) is 12.0 Å². The van der Waals surface area contributed by atoms with Crippen LogP contribution in [-0.4, -0.2) is 27.5 Å². The Morgan fingerprint density at radius 1 is 1.60 bits per heavy atom. The van der Waals surface area contributed by atoms with Gasteiger partial charge < -0.3 is 10.4 Å². The van der Waals surface area contributed by atoms with Crippen molar-refractivity contribution in [2.75, 3.05) is 11.9 Å². The molecule has 0 saturated heterocycles. The summed E-state index contributed by atoms with van der Waals surface area (Å²) >= 11 is 3.18. The number of aromatic nitrogens is 1. The number of nitrogens with zero attached hydrogens (tertiary/aromatic N) is 2. The van der Waals surface area contributed by atoms with Gasteiger partial charge in [0.05, 0.1) is 15.3 Å². The summed E-state index contributed by atoms with van der Waals surface area (Å²) in [5.41, 5.74) is -0.126. The molecule has 1 aromatic rings. The number of hydrogen-bond acceptors (Lipinski definition) is 5. The standard InChI is InChI=1S/C12H16BrN3O4/c1-7(2)3-8(12(17)18)5-14-11-10(13)4-9(6-15-11)16(19)20/h4,6-8H,3,5H2,1-2H3,(H,14,15)(H,17,18). The fourth-order valence-corrected chi connectivity index (χ4v) is 2.20. The molecule has 2 N–H and O–H groups in total. The Hall–Kier alpha value is -1.70. The van der Waals surface area contributed by atoms with Crippen molar-refractivity contribution >= 4 is 33.4 Å². The van der Waals surface area contributed by atoms with Crippen LogP contribution in [0.3, 0.4) is 0 Å². The van der Waals surface area contributed by atoms with Crippen LogP contribution in [-0.2, 0) is 4.79 Å². The lowest BCUT2D eigenvalue weighted by Crippen LogP contribution is -2.24. The van der Waals surface area contributed by atoms with Crippen molar-refractivity contribution < 1.29 is 14.8 Å². The van der Waals surface area contributed by atoms with Gasteiger partial charge in [0.2, 0.25) is 0 Å². The average Bonchev–Trinajstić information content (AvgIpc) is 2.34. The summed E-state index contributed by atoms with van der Waals surface area (Å²) in [5.74, 6) is -0.736. The fraction of sp³-hybridized carbons (Fsp3) is 0.500. The van der Waals surface area contributed by atoms with E-state index < -0.39 is 16.8 Å². The zero-order chi connectivity index (χ0) is 15.3. The maximum atomic E-state index is 11.1. The smallest absolute Gasteiger partial charge is 0.308 e. The minimum atomic E-state index is -0.871. The third-order valence-corrected chi connectivity index (χ3v) is 3.26. The van der Waals surface area contributed by atoms with Crippen LogP contribution in [0, 0.1) is 22.0 Å². The lowest BCUT2D eigenvalue weighted by molar-refractivity contribution is -0.385. The molecule has 1 unspecified atom stereocenters. The molecule has 0 aliphatic carbocycles. The van der Waals surface area contributed by atoms with E-state index >= 15 is 0 Å². The number of carboxylic acids is 1. The van der Waals surface area contributed by atoms with E-state index in [1.807, 2.05) is 13.8 Å². The van der Waals surface area contributed by atoms with E-state index in [1.54, 1.807) is 0 Å². The number of pyridine rings is 1. The molecule has 8 heteroatoms. The van der Waals surface area contributed by atoms with Crippen molar-refractivity contribution in [2.45, 2.75) is 20.3 Å². The van der Waals surface area contributed by atoms with Crippen LogP contribution in [0.1, 0.15) is 20.3 Å². The van der Waals surface area contributed by atoms with E-state index in [4.69, 9.17) is 5.11 Å². The molecular formula is C12H16BrN3O4. The van der Waals surface area contributed by atoms with E-state index in [0.29, 0.717) is 16.7 Å². The molecule has 0 aliphatic rings. The lowest BCUT2D eigenvalue weighted by atomic mass is 9.97. The monoisotopic (exact) mass is 345 g/mol. The topological polar surface area (TPSA) is 105 Å². The first kappa shape index (κ1) is 16.4. The number of hydrogen-bond donors (Lipinski definition) is 2. The van der Waals surface area contributed by atoms with E-state index in [-0.39, 0.29) is 18.2 Å². The minimum Gasteiger partial charge on any atom is -0.481 e. The summed E-state index contributed by atoms with van der Waals surface area (Å²) in [6, 6.07) is 1.33. The Bertz CT molecular complexity index is 507. The van der Waals surface area contributed by atoms with Gasteiger partial charge in [-0.2, -0.15) is 0 Å². The molecule has 0 aliphatic heterocycles. The molecular weight excluding hydrogens is 330 g/mol. The lowest BCUT2D eigenvalue weighted by Gasteiger charge is -2.16. The van der Waals surface area contributed by atoms with Gasteiger partial charge in [-0.1, -0.05) is 13.8 Å². The number of nitrogens with one attached hydrogen (secondary N) is 1. The van der Waals surface area contributed by atoms with Crippen LogP contribution >= 0.6 is 15.9 Å². The first-order valence-electron chi connectivity index (χ1n) is 6.07. The Kier molecular flexibility index (Phi) is 5.87. The predicted molar refractivity (Wildman–Crippen MR) is 77.7 cm³/mol. The highest BCUT2D eigenvalue weighted by Gasteiger charge is 2.19. The van der Waals surface area contributed by atoms with Gasteiger partial charge in [-0.05, 0) is 28.3 Å². The third-order valence-electron chi connectivity index (χ3n) is 2.66. The van der Waals surface area contributed by atoms with Gasteiger partial charge in [-0.3, -0.25) is 14.9 Å². The van der Waals surface area contributed by atoms with Crippen molar-refractivity contribution in [3.63, 3.8) is 0 Å². The summed E-state index contributed by atoms with van der Waals surface area (Å²) in [4.78, 5) is 25.1. The summed E-state index contributed by atoms with van der Waals surface area (Å²) in [6.45, 7) is 4.13. The minimum absolute atomic E-state index is 0.126. The highest BCUT2D eigenvalue weighted by Crippen LogP contribution is 2.25. The average molecular weight is 346 g/mol. The SMILES string of the molecule is CC(C)CC(CNc1ncc([N+](=O)[O-])cc1Br)C(=O)O. The zero-order valence-electron chi connectivity index (χ0n) is 11.2. The van der Waals surface area contributed by atoms with Crippen LogP contribution in [0.25, 0.3) is 0 Å². The molecule has 110 valence electrons. The van der Waals surface area contributed by atoms with Crippen LogP contribution in [0.15, 0.2) is 16.7 Å². The van der Waals surface area contributed by atoms with Crippen molar-refractivity contribution in [3.05, 3.63) is 26.9 Å². The Morgan fingerprint density at radius 3 is 2.70 bits per heavy atom. The van der Waals surface area contributed by atoms with Crippen molar-refractivity contribution in [1.82, 2.24) is 4.98 Å². The van der Waals surface area contributed by atoms with E-state index in [1.165, 1.54) is 6.07 Å². The molecule has 1 rings (SSSR count). The van der Waals surface area contributed by atoms with Gasteiger partial charge in [0.25, 0.3) is 5.69 Å². The quantitative estimate of drug-likeness (QED) is 0.581. The maximum absolute atomic E-state index is 11.1. The summed E-state index contributed by atoms with van der Waals surface area (Å²) < 4.78 is 0.431. The predicted octanol–water partition coefficient (Wildman–Crippen LogP) is 2.91. The molecule has 0 amide bonds. The summed E-state index contributed by atoms with van der Waals surface area (Å²) in [6.07, 6.45) is 1.68. The number of halogens is 1. The summed E-state index contributed by atoms with van der Waals surface area (Å²) in [5, 5.41) is 22.6. The maximum Gasteiger partial charge on any atom is 0.308 e. The first-order chi connectivity index (χ1) is 9.31. The molecule has 7 nitrogen and oxygen atoms in total. The van der Waals surface area contributed by atoms with Crippen LogP contribution < -0.4 is 5.32 Å². The molecule has 1 heterocycles. The van der Waals surface area contributed by atoms with Crippen LogP contribution in [0.4, 0.5) is 11.5 Å². The number of anilines is 1.